The van der Waals surface area contributed by atoms with E-state index < -0.39 is 16.1 Å². The van der Waals surface area contributed by atoms with E-state index in [0.29, 0.717) is 0 Å². The summed E-state index contributed by atoms with van der Waals surface area (Å²) in [5.74, 6) is 0. The van der Waals surface area contributed by atoms with Gasteiger partial charge in [-0.05, 0) is 11.5 Å². The summed E-state index contributed by atoms with van der Waals surface area (Å²) < 4.78 is 2.75. The number of fused-ring (bicyclic) bond motifs is 1. The summed E-state index contributed by atoms with van der Waals surface area (Å²) in [6, 6.07) is 59.6. The molecule has 0 unspecified atom stereocenters. The molecule has 0 aromatic heterocycles. The van der Waals surface area contributed by atoms with Crippen molar-refractivity contribution in [3.8, 4) is 0 Å². The highest BCUT2D eigenvalue weighted by molar-refractivity contribution is 7.90. The first-order chi connectivity index (χ1) is 18.4. The van der Waals surface area contributed by atoms with Crippen LogP contribution in [0.5, 0.6) is 0 Å². The van der Waals surface area contributed by atoms with Gasteiger partial charge in [-0.3, -0.25) is 0 Å². The molecule has 6 aromatic carbocycles. The van der Waals surface area contributed by atoms with Gasteiger partial charge in [0.15, 0.2) is 0 Å². The molecule has 178 valence electrons. The number of hydrogen-bond acceptors (Lipinski definition) is 1. The third-order valence-electron chi connectivity index (χ3n) is 6.36. The minimum atomic E-state index is -0.888. The Kier molecular flexibility index (Phi) is 7.09. The predicted molar refractivity (Wildman–Crippen MR) is 165 cm³/mol. The Morgan fingerprint density at radius 3 is 1.11 bits per heavy atom. The Hall–Kier alpha value is -3.76. The Bertz CT molecular complexity index is 1400. The van der Waals surface area contributed by atoms with Crippen molar-refractivity contribution in [2.75, 3.05) is 4.44 Å². The van der Waals surface area contributed by atoms with E-state index in [9.17, 15) is 0 Å². The molecule has 0 heterocycles. The molecule has 0 atom stereocenters. The second-order valence-corrected chi connectivity index (χ2v) is 13.2. The number of benzene rings is 6. The molecule has 0 amide bonds. The fourth-order valence-electron chi connectivity index (χ4n) is 4.70. The van der Waals surface area contributed by atoms with Gasteiger partial charge >= 0.3 is 0 Å². The van der Waals surface area contributed by atoms with E-state index in [4.69, 9.17) is 0 Å². The lowest BCUT2D eigenvalue weighted by atomic mass is 10.1. The normalized spacial score (nSPS) is 11.2. The molecule has 0 bridgehead atoms. The molecule has 6 aromatic rings. The maximum absolute atomic E-state index is 2.75. The van der Waals surface area contributed by atoms with Crippen LogP contribution in [0, 0.1) is 0 Å². The molecule has 0 N–H and O–H groups in total. The van der Waals surface area contributed by atoms with Crippen LogP contribution in [0.3, 0.4) is 0 Å². The lowest BCUT2D eigenvalue weighted by Gasteiger charge is -2.41. The molecule has 0 aliphatic carbocycles. The minimum absolute atomic E-state index is 0.888. The number of nitrogens with zero attached hydrogens (tertiary/aromatic N) is 1. The van der Waals surface area contributed by atoms with E-state index in [1.165, 1.54) is 37.7 Å². The molecule has 0 aliphatic rings. The Morgan fingerprint density at radius 2 is 0.676 bits per heavy atom. The van der Waals surface area contributed by atoms with Gasteiger partial charge in [0.05, 0.1) is 21.8 Å². The predicted octanol–water partition coefficient (Wildman–Crippen LogP) is 7.74. The van der Waals surface area contributed by atoms with Gasteiger partial charge in [-0.15, -0.1) is 0 Å². The summed E-state index contributed by atoms with van der Waals surface area (Å²) in [5.41, 5.74) is 1.27. The van der Waals surface area contributed by atoms with Crippen molar-refractivity contribution in [3.63, 3.8) is 0 Å². The lowest BCUT2D eigenvalue weighted by Crippen LogP contribution is -2.31. The summed E-state index contributed by atoms with van der Waals surface area (Å²) in [5, 5.41) is 7.92. The Balaban J connectivity index is 1.70. The average molecular weight is 512 g/mol. The van der Waals surface area contributed by atoms with Crippen LogP contribution < -0.4 is 25.7 Å². The van der Waals surface area contributed by atoms with Crippen molar-refractivity contribution in [3.05, 3.63) is 164 Å². The van der Waals surface area contributed by atoms with E-state index >= 15 is 0 Å². The van der Waals surface area contributed by atoms with Gasteiger partial charge < -0.3 is 4.44 Å². The third-order valence-corrected chi connectivity index (χ3v) is 11.8. The number of rotatable bonds is 7. The molecule has 0 aliphatic heterocycles. The highest BCUT2D eigenvalue weighted by atomic mass is 31.2. The van der Waals surface area contributed by atoms with E-state index in [1.54, 1.807) is 0 Å². The first kappa shape index (κ1) is 23.6. The zero-order chi connectivity index (χ0) is 24.9. The minimum Gasteiger partial charge on any atom is -0.312 e. The van der Waals surface area contributed by atoms with Gasteiger partial charge in [-0.25, -0.2) is 0 Å². The van der Waals surface area contributed by atoms with Crippen molar-refractivity contribution in [1.82, 2.24) is 0 Å². The highest BCUT2D eigenvalue weighted by Crippen LogP contribution is 2.58. The highest BCUT2D eigenvalue weighted by Gasteiger charge is 2.33. The van der Waals surface area contributed by atoms with Crippen molar-refractivity contribution in [1.29, 1.82) is 0 Å². The topological polar surface area (TPSA) is 3.24 Å². The summed E-state index contributed by atoms with van der Waals surface area (Å²) >= 11 is 0. The van der Waals surface area contributed by atoms with Crippen molar-refractivity contribution < 1.29 is 0 Å². The quantitative estimate of drug-likeness (QED) is 0.198. The lowest BCUT2D eigenvalue weighted by molar-refractivity contribution is 1.60. The summed E-state index contributed by atoms with van der Waals surface area (Å²) in [6.45, 7) is 0. The van der Waals surface area contributed by atoms with Crippen LogP contribution in [-0.2, 0) is 0 Å². The molecule has 0 saturated carbocycles. The second-order valence-electron chi connectivity index (χ2n) is 8.75. The van der Waals surface area contributed by atoms with Gasteiger partial charge in [0, 0.05) is 26.6 Å². The Morgan fingerprint density at radius 1 is 0.324 bits per heavy atom. The van der Waals surface area contributed by atoms with Crippen LogP contribution in [0.4, 0.5) is 5.69 Å². The van der Waals surface area contributed by atoms with Crippen LogP contribution in [0.15, 0.2) is 164 Å². The average Bonchev–Trinajstić information content (AvgIpc) is 2.99. The van der Waals surface area contributed by atoms with Gasteiger partial charge in [0.2, 0.25) is 0 Å². The van der Waals surface area contributed by atoms with Gasteiger partial charge in [-0.1, -0.05) is 158 Å². The maximum Gasteiger partial charge on any atom is 0.0590 e. The molecule has 0 fully saturated rings. The van der Waals surface area contributed by atoms with Gasteiger partial charge in [0.25, 0.3) is 0 Å². The molecular weight excluding hydrogens is 484 g/mol. The van der Waals surface area contributed by atoms with Crippen LogP contribution in [0.2, 0.25) is 0 Å². The molecular formula is C34H27NP2. The fraction of sp³-hybridized carbons (Fsp3) is 0. The van der Waals surface area contributed by atoms with Crippen LogP contribution >= 0.6 is 16.1 Å². The zero-order valence-corrected chi connectivity index (χ0v) is 22.2. The largest absolute Gasteiger partial charge is 0.312 e. The molecule has 0 radical (unpaired) electrons. The summed E-state index contributed by atoms with van der Waals surface area (Å²) in [7, 11) is -1.78. The van der Waals surface area contributed by atoms with E-state index in [2.05, 4.69) is 168 Å². The van der Waals surface area contributed by atoms with Crippen LogP contribution in [0.25, 0.3) is 10.8 Å². The molecule has 37 heavy (non-hydrogen) atoms. The molecule has 3 heteroatoms. The molecule has 6 rings (SSSR count). The Labute approximate surface area is 221 Å². The SMILES string of the molecule is c1ccc(P(c2ccccc2)N(c2cccc3ccccc23)P(c2ccccc2)c2ccccc2)cc1. The standard InChI is InChI=1S/C34H27NP2/c1-5-18-29(19-6-1)36(30-20-7-2-8-21-30)35(34-27-15-17-28-16-13-14-26-33(28)34)37(31-22-9-3-10-23-31)32-24-11-4-12-25-32/h1-27H. The summed E-state index contributed by atoms with van der Waals surface area (Å²) in [6.07, 6.45) is 0. The molecule has 0 saturated heterocycles. The zero-order valence-electron chi connectivity index (χ0n) is 20.4. The van der Waals surface area contributed by atoms with Crippen molar-refractivity contribution in [2.24, 2.45) is 0 Å². The number of anilines is 1. The second kappa shape index (κ2) is 11.1. The third kappa shape index (κ3) is 4.94. The van der Waals surface area contributed by atoms with E-state index in [1.807, 2.05) is 0 Å². The van der Waals surface area contributed by atoms with Crippen LogP contribution in [0.1, 0.15) is 0 Å². The smallest absolute Gasteiger partial charge is 0.0590 e. The van der Waals surface area contributed by atoms with E-state index in [-0.39, 0.29) is 0 Å². The first-order valence-corrected chi connectivity index (χ1v) is 15.1. The summed E-state index contributed by atoms with van der Waals surface area (Å²) in [4.78, 5) is 0. The first-order valence-electron chi connectivity index (χ1n) is 12.5. The fourth-order valence-corrected chi connectivity index (χ4v) is 10.7. The van der Waals surface area contributed by atoms with Crippen molar-refractivity contribution in [2.45, 2.75) is 0 Å². The maximum atomic E-state index is 2.75. The van der Waals surface area contributed by atoms with Gasteiger partial charge in [-0.2, -0.15) is 0 Å². The molecule has 0 spiro atoms. The number of hydrogen-bond donors (Lipinski definition) is 0. The monoisotopic (exact) mass is 511 g/mol. The molecule has 1 nitrogen and oxygen atoms in total. The van der Waals surface area contributed by atoms with Gasteiger partial charge in [0.1, 0.15) is 0 Å². The van der Waals surface area contributed by atoms with Crippen molar-refractivity contribution >= 4 is 53.8 Å². The van der Waals surface area contributed by atoms with Crippen LogP contribution in [-0.4, -0.2) is 0 Å². The van der Waals surface area contributed by atoms with E-state index in [0.717, 1.165) is 0 Å².